The number of rotatable bonds is 6. The Morgan fingerprint density at radius 3 is 2.70 bits per heavy atom. The molecule has 0 atom stereocenters. The molecule has 0 spiro atoms. The molecular formula is C20H22N4O2S. The first-order valence-corrected chi connectivity index (χ1v) is 10.0. The fourth-order valence-corrected chi connectivity index (χ4v) is 4.43. The number of benzene rings is 2. The van der Waals surface area contributed by atoms with Crippen molar-refractivity contribution in [2.45, 2.75) is 19.4 Å². The lowest BCUT2D eigenvalue weighted by Crippen LogP contribution is -2.35. The molecule has 2 aromatic carbocycles. The number of fused-ring (bicyclic) bond motifs is 1. The van der Waals surface area contributed by atoms with Gasteiger partial charge >= 0.3 is 0 Å². The molecule has 27 heavy (non-hydrogen) atoms. The van der Waals surface area contributed by atoms with Crippen LogP contribution in [-0.2, 0) is 6.54 Å². The van der Waals surface area contributed by atoms with Crippen molar-refractivity contribution in [1.29, 1.82) is 0 Å². The molecule has 1 fully saturated rings. The van der Waals surface area contributed by atoms with Crippen LogP contribution in [0.25, 0.3) is 10.2 Å². The van der Waals surface area contributed by atoms with Crippen molar-refractivity contribution in [2.24, 2.45) is 5.92 Å². The van der Waals surface area contributed by atoms with Crippen molar-refractivity contribution in [3.05, 3.63) is 64.2 Å². The van der Waals surface area contributed by atoms with E-state index in [2.05, 4.69) is 45.5 Å². The summed E-state index contributed by atoms with van der Waals surface area (Å²) in [7, 11) is 0. The summed E-state index contributed by atoms with van der Waals surface area (Å²) in [5.74, 6) is 0.637. The Balaban J connectivity index is 1.28. The fourth-order valence-electron chi connectivity index (χ4n) is 3.52. The second-order valence-corrected chi connectivity index (χ2v) is 8.04. The van der Waals surface area contributed by atoms with Gasteiger partial charge in [-0.25, -0.2) is 4.98 Å². The average molecular weight is 382 g/mol. The molecule has 1 aliphatic heterocycles. The van der Waals surface area contributed by atoms with Crippen LogP contribution in [0.15, 0.2) is 48.5 Å². The lowest BCUT2D eigenvalue weighted by atomic mass is 9.96. The van der Waals surface area contributed by atoms with E-state index >= 15 is 0 Å². The highest BCUT2D eigenvalue weighted by Gasteiger charge is 2.19. The summed E-state index contributed by atoms with van der Waals surface area (Å²) >= 11 is 1.48. The largest absolute Gasteiger partial charge is 0.361 e. The number of thiazole rings is 1. The Morgan fingerprint density at radius 2 is 1.96 bits per heavy atom. The molecule has 0 amide bonds. The van der Waals surface area contributed by atoms with Crippen LogP contribution < -0.4 is 5.32 Å². The quantitative estimate of drug-likeness (QED) is 0.501. The van der Waals surface area contributed by atoms with Crippen LogP contribution in [0.3, 0.4) is 0 Å². The molecule has 2 heterocycles. The van der Waals surface area contributed by atoms with Gasteiger partial charge in [0.25, 0.3) is 5.69 Å². The van der Waals surface area contributed by atoms with E-state index in [1.54, 1.807) is 12.1 Å². The van der Waals surface area contributed by atoms with Gasteiger partial charge in [0.05, 0.1) is 15.1 Å². The number of likely N-dealkylation sites (tertiary alicyclic amines) is 1. The number of aromatic nitrogens is 1. The van der Waals surface area contributed by atoms with E-state index < -0.39 is 0 Å². The minimum Gasteiger partial charge on any atom is -0.361 e. The number of non-ortho nitro benzene ring substituents is 1. The van der Waals surface area contributed by atoms with Crippen molar-refractivity contribution in [3.8, 4) is 0 Å². The minimum atomic E-state index is -0.366. The second kappa shape index (κ2) is 8.02. The molecule has 0 unspecified atom stereocenters. The highest BCUT2D eigenvalue weighted by molar-refractivity contribution is 7.22. The Bertz CT molecular complexity index is 920. The van der Waals surface area contributed by atoms with Gasteiger partial charge in [-0.05, 0) is 43.5 Å². The third kappa shape index (κ3) is 4.43. The van der Waals surface area contributed by atoms with Gasteiger partial charge in [-0.15, -0.1) is 0 Å². The Hall–Kier alpha value is -2.51. The Kier molecular flexibility index (Phi) is 5.31. The number of hydrogen-bond donors (Lipinski definition) is 1. The summed E-state index contributed by atoms with van der Waals surface area (Å²) in [4.78, 5) is 17.6. The summed E-state index contributed by atoms with van der Waals surface area (Å²) in [5.41, 5.74) is 2.30. The summed E-state index contributed by atoms with van der Waals surface area (Å²) in [6.07, 6.45) is 2.35. The smallest absolute Gasteiger partial charge is 0.270 e. The molecule has 0 saturated carbocycles. The maximum Gasteiger partial charge on any atom is 0.270 e. The van der Waals surface area contributed by atoms with Gasteiger partial charge in [0.15, 0.2) is 5.13 Å². The van der Waals surface area contributed by atoms with E-state index in [0.29, 0.717) is 5.92 Å². The molecule has 0 aliphatic carbocycles. The van der Waals surface area contributed by atoms with Crippen molar-refractivity contribution >= 4 is 32.4 Å². The number of nitro groups is 1. The lowest BCUT2D eigenvalue weighted by Gasteiger charge is -2.32. The highest BCUT2D eigenvalue weighted by atomic mass is 32.1. The second-order valence-electron chi connectivity index (χ2n) is 7.01. The predicted molar refractivity (Wildman–Crippen MR) is 109 cm³/mol. The molecule has 1 aliphatic rings. The highest BCUT2D eigenvalue weighted by Crippen LogP contribution is 2.29. The average Bonchev–Trinajstić information content (AvgIpc) is 3.10. The standard InChI is InChI=1S/C20H22N4O2S/c25-24(26)17-6-7-18-19(12-17)27-20(22-18)21-13-15-8-10-23(11-9-15)14-16-4-2-1-3-5-16/h1-7,12,15H,8-11,13-14H2,(H,21,22). The molecular weight excluding hydrogens is 360 g/mol. The number of piperidine rings is 1. The normalized spacial score (nSPS) is 15.9. The maximum absolute atomic E-state index is 10.9. The summed E-state index contributed by atoms with van der Waals surface area (Å²) < 4.78 is 0.851. The molecule has 0 radical (unpaired) electrons. The van der Waals surface area contributed by atoms with Gasteiger partial charge in [-0.3, -0.25) is 15.0 Å². The van der Waals surface area contributed by atoms with Gasteiger partial charge in [0, 0.05) is 25.2 Å². The third-order valence-electron chi connectivity index (χ3n) is 5.08. The first kappa shape index (κ1) is 17.9. The molecule has 140 valence electrons. The van der Waals surface area contributed by atoms with E-state index in [4.69, 9.17) is 0 Å². The van der Waals surface area contributed by atoms with Crippen LogP contribution in [0.5, 0.6) is 0 Å². The van der Waals surface area contributed by atoms with E-state index in [0.717, 1.165) is 41.5 Å². The summed E-state index contributed by atoms with van der Waals surface area (Å²) in [5, 5.41) is 15.2. The van der Waals surface area contributed by atoms with Crippen LogP contribution in [0.2, 0.25) is 0 Å². The van der Waals surface area contributed by atoms with E-state index in [1.165, 1.54) is 35.8 Å². The first-order valence-electron chi connectivity index (χ1n) is 9.22. The molecule has 1 N–H and O–H groups in total. The molecule has 0 bridgehead atoms. The molecule has 1 saturated heterocycles. The number of nitrogens with one attached hydrogen (secondary N) is 1. The van der Waals surface area contributed by atoms with Gasteiger partial charge in [-0.1, -0.05) is 41.7 Å². The van der Waals surface area contributed by atoms with Gasteiger partial charge in [-0.2, -0.15) is 0 Å². The zero-order valence-electron chi connectivity index (χ0n) is 15.0. The minimum absolute atomic E-state index is 0.114. The van der Waals surface area contributed by atoms with Crippen molar-refractivity contribution in [3.63, 3.8) is 0 Å². The van der Waals surface area contributed by atoms with E-state index in [9.17, 15) is 10.1 Å². The van der Waals surface area contributed by atoms with Crippen LogP contribution in [0, 0.1) is 16.0 Å². The Morgan fingerprint density at radius 1 is 1.19 bits per heavy atom. The monoisotopic (exact) mass is 382 g/mol. The van der Waals surface area contributed by atoms with Gasteiger partial charge < -0.3 is 5.32 Å². The van der Waals surface area contributed by atoms with Gasteiger partial charge in [0.1, 0.15) is 0 Å². The molecule has 4 rings (SSSR count). The first-order chi connectivity index (χ1) is 13.2. The summed E-state index contributed by atoms with van der Waals surface area (Å²) in [6, 6.07) is 15.4. The van der Waals surface area contributed by atoms with Crippen LogP contribution in [-0.4, -0.2) is 34.4 Å². The lowest BCUT2D eigenvalue weighted by molar-refractivity contribution is -0.384. The fraction of sp³-hybridized carbons (Fsp3) is 0.350. The van der Waals surface area contributed by atoms with Gasteiger partial charge in [0.2, 0.25) is 0 Å². The molecule has 6 nitrogen and oxygen atoms in total. The number of anilines is 1. The van der Waals surface area contributed by atoms with Crippen molar-refractivity contribution in [2.75, 3.05) is 25.0 Å². The number of nitrogens with zero attached hydrogens (tertiary/aromatic N) is 3. The van der Waals surface area contributed by atoms with E-state index in [-0.39, 0.29) is 10.6 Å². The summed E-state index contributed by atoms with van der Waals surface area (Å²) in [6.45, 7) is 4.17. The topological polar surface area (TPSA) is 71.3 Å². The van der Waals surface area contributed by atoms with Crippen molar-refractivity contribution < 1.29 is 4.92 Å². The Labute approximate surface area is 162 Å². The third-order valence-corrected chi connectivity index (χ3v) is 6.06. The van der Waals surface area contributed by atoms with Crippen LogP contribution in [0.1, 0.15) is 18.4 Å². The predicted octanol–water partition coefficient (Wildman–Crippen LogP) is 4.53. The number of hydrogen-bond acceptors (Lipinski definition) is 6. The molecule has 3 aromatic rings. The zero-order chi connectivity index (χ0) is 18.6. The zero-order valence-corrected chi connectivity index (χ0v) is 15.8. The number of nitro benzene ring substituents is 1. The SMILES string of the molecule is O=[N+]([O-])c1ccc2nc(NCC3CCN(Cc4ccccc4)CC3)sc2c1. The van der Waals surface area contributed by atoms with Crippen molar-refractivity contribution in [1.82, 2.24) is 9.88 Å². The van der Waals surface area contributed by atoms with Crippen LogP contribution >= 0.6 is 11.3 Å². The molecule has 7 heteroatoms. The van der Waals surface area contributed by atoms with Crippen LogP contribution in [0.4, 0.5) is 10.8 Å². The van der Waals surface area contributed by atoms with E-state index in [1.807, 2.05) is 0 Å². The maximum atomic E-state index is 10.9. The molecule has 1 aromatic heterocycles.